The van der Waals surface area contributed by atoms with Crippen molar-refractivity contribution in [2.45, 2.75) is 39.2 Å². The van der Waals surface area contributed by atoms with Gasteiger partial charge in [0, 0.05) is 19.7 Å². The molecule has 0 saturated carbocycles. The third-order valence-corrected chi connectivity index (χ3v) is 2.71. The normalized spacial score (nSPS) is 11.5. The van der Waals surface area contributed by atoms with E-state index in [2.05, 4.69) is 4.98 Å². The second kappa shape index (κ2) is 5.21. The van der Waals surface area contributed by atoms with Gasteiger partial charge in [-0.1, -0.05) is 0 Å². The summed E-state index contributed by atoms with van der Waals surface area (Å²) in [6.45, 7) is 5.91. The van der Waals surface area contributed by atoms with E-state index in [0.717, 1.165) is 5.56 Å². The molecule has 3 nitrogen and oxygen atoms in total. The molecule has 0 spiro atoms. The zero-order valence-corrected chi connectivity index (χ0v) is 10.4. The van der Waals surface area contributed by atoms with E-state index in [4.69, 9.17) is 4.74 Å². The van der Waals surface area contributed by atoms with E-state index in [0.29, 0.717) is 18.5 Å². The Morgan fingerprint density at radius 2 is 2.19 bits per heavy atom. The van der Waals surface area contributed by atoms with Crippen molar-refractivity contribution in [1.82, 2.24) is 4.98 Å². The Kier molecular flexibility index (Phi) is 4.19. The monoisotopic (exact) mass is 221 g/mol. The first-order chi connectivity index (χ1) is 7.44. The average molecular weight is 221 g/mol. The number of pyridine rings is 1. The summed E-state index contributed by atoms with van der Waals surface area (Å²) >= 11 is 0. The molecule has 16 heavy (non-hydrogen) atoms. The Hall–Kier alpha value is -1.22. The number of aryl methyl sites for hydroxylation is 1. The molecule has 0 fully saturated rings. The summed E-state index contributed by atoms with van der Waals surface area (Å²) < 4.78 is 5.28. The van der Waals surface area contributed by atoms with Crippen LogP contribution in [0.5, 0.6) is 0 Å². The number of rotatable bonds is 5. The molecule has 0 bridgehead atoms. The Morgan fingerprint density at radius 1 is 1.50 bits per heavy atom. The van der Waals surface area contributed by atoms with Gasteiger partial charge in [0.25, 0.3) is 0 Å². The fraction of sp³-hybridized carbons (Fsp3) is 0.538. The van der Waals surface area contributed by atoms with Gasteiger partial charge in [0.05, 0.1) is 5.60 Å². The number of carbonyl (C=O) groups is 1. The maximum atomic E-state index is 11.8. The van der Waals surface area contributed by atoms with Crippen LogP contribution in [-0.4, -0.2) is 23.5 Å². The number of carbonyl (C=O) groups excluding carboxylic acids is 1. The second-order valence-electron chi connectivity index (χ2n) is 4.61. The number of ether oxygens (including phenoxy) is 1. The van der Waals surface area contributed by atoms with E-state index >= 15 is 0 Å². The van der Waals surface area contributed by atoms with Crippen molar-refractivity contribution in [3.63, 3.8) is 0 Å². The minimum atomic E-state index is -0.251. The van der Waals surface area contributed by atoms with Crippen LogP contribution in [-0.2, 0) is 4.74 Å². The molecule has 0 unspecified atom stereocenters. The van der Waals surface area contributed by atoms with Crippen molar-refractivity contribution in [2.75, 3.05) is 7.11 Å². The van der Waals surface area contributed by atoms with Crippen LogP contribution in [0.3, 0.4) is 0 Å². The van der Waals surface area contributed by atoms with Crippen molar-refractivity contribution in [3.05, 3.63) is 29.6 Å². The zero-order valence-electron chi connectivity index (χ0n) is 10.4. The number of ketones is 1. The van der Waals surface area contributed by atoms with Crippen LogP contribution in [0.2, 0.25) is 0 Å². The fourth-order valence-corrected chi connectivity index (χ4v) is 1.33. The van der Waals surface area contributed by atoms with Crippen molar-refractivity contribution in [1.29, 1.82) is 0 Å². The topological polar surface area (TPSA) is 39.2 Å². The van der Waals surface area contributed by atoms with Crippen molar-refractivity contribution in [2.24, 2.45) is 0 Å². The maximum absolute atomic E-state index is 11.8. The Morgan fingerprint density at radius 3 is 2.75 bits per heavy atom. The lowest BCUT2D eigenvalue weighted by Gasteiger charge is -2.22. The first-order valence-corrected chi connectivity index (χ1v) is 5.45. The molecule has 1 heterocycles. The van der Waals surface area contributed by atoms with E-state index in [9.17, 15) is 4.79 Å². The van der Waals surface area contributed by atoms with Crippen LogP contribution in [0.1, 0.15) is 42.7 Å². The molecule has 0 aromatic carbocycles. The molecule has 1 aromatic heterocycles. The van der Waals surface area contributed by atoms with Crippen molar-refractivity contribution < 1.29 is 9.53 Å². The van der Waals surface area contributed by atoms with Crippen LogP contribution < -0.4 is 0 Å². The van der Waals surface area contributed by atoms with E-state index in [-0.39, 0.29) is 11.4 Å². The smallest absolute Gasteiger partial charge is 0.181 e. The van der Waals surface area contributed by atoms with Gasteiger partial charge < -0.3 is 4.74 Å². The molecule has 1 rings (SSSR count). The first kappa shape index (κ1) is 12.8. The molecular weight excluding hydrogens is 202 g/mol. The van der Waals surface area contributed by atoms with Gasteiger partial charge in [-0.05, 0) is 44.9 Å². The SMILES string of the molecule is COC(C)(C)CCC(=O)c1cc(C)ccn1. The Bertz CT molecular complexity index is 372. The number of aromatic nitrogens is 1. The number of hydrogen-bond donors (Lipinski definition) is 0. The van der Waals surface area contributed by atoms with Gasteiger partial charge in [-0.25, -0.2) is 0 Å². The predicted octanol–water partition coefficient (Wildman–Crippen LogP) is 2.78. The zero-order chi connectivity index (χ0) is 12.2. The highest BCUT2D eigenvalue weighted by molar-refractivity contribution is 5.94. The fourth-order valence-electron chi connectivity index (χ4n) is 1.33. The molecule has 0 N–H and O–H groups in total. The summed E-state index contributed by atoms with van der Waals surface area (Å²) in [6.07, 6.45) is 2.85. The summed E-state index contributed by atoms with van der Waals surface area (Å²) in [5.41, 5.74) is 1.36. The number of nitrogens with zero attached hydrogens (tertiary/aromatic N) is 1. The molecule has 3 heteroatoms. The van der Waals surface area contributed by atoms with Crippen LogP contribution in [0.15, 0.2) is 18.3 Å². The highest BCUT2D eigenvalue weighted by Gasteiger charge is 2.19. The molecule has 0 amide bonds. The molecule has 0 saturated heterocycles. The summed E-state index contributed by atoms with van der Waals surface area (Å²) in [7, 11) is 1.66. The quantitative estimate of drug-likeness (QED) is 0.718. The van der Waals surface area contributed by atoms with Crippen LogP contribution in [0.25, 0.3) is 0 Å². The third-order valence-electron chi connectivity index (χ3n) is 2.71. The number of Topliss-reactive ketones (excluding diaryl/α,β-unsaturated/α-hetero) is 1. The molecule has 0 aliphatic carbocycles. The molecule has 1 aromatic rings. The van der Waals surface area contributed by atoms with E-state index in [1.54, 1.807) is 13.3 Å². The van der Waals surface area contributed by atoms with E-state index in [1.807, 2.05) is 32.9 Å². The Labute approximate surface area is 96.8 Å². The van der Waals surface area contributed by atoms with Crippen LogP contribution in [0.4, 0.5) is 0 Å². The summed E-state index contributed by atoms with van der Waals surface area (Å²) in [5.74, 6) is 0.0776. The predicted molar refractivity (Wildman–Crippen MR) is 63.6 cm³/mol. The minimum Gasteiger partial charge on any atom is -0.379 e. The lowest BCUT2D eigenvalue weighted by molar-refractivity contribution is 0.0141. The summed E-state index contributed by atoms with van der Waals surface area (Å²) in [5, 5.41) is 0. The second-order valence-corrected chi connectivity index (χ2v) is 4.61. The number of hydrogen-bond acceptors (Lipinski definition) is 3. The van der Waals surface area contributed by atoms with Crippen molar-refractivity contribution in [3.8, 4) is 0 Å². The molecular formula is C13H19NO2. The van der Waals surface area contributed by atoms with Gasteiger partial charge in [0.15, 0.2) is 5.78 Å². The first-order valence-electron chi connectivity index (χ1n) is 5.45. The molecule has 0 aliphatic heterocycles. The van der Waals surface area contributed by atoms with Crippen molar-refractivity contribution >= 4 is 5.78 Å². The van der Waals surface area contributed by atoms with E-state index < -0.39 is 0 Å². The van der Waals surface area contributed by atoms with Gasteiger partial charge in [-0.15, -0.1) is 0 Å². The average Bonchev–Trinajstić information content (AvgIpc) is 2.26. The van der Waals surface area contributed by atoms with E-state index in [1.165, 1.54) is 0 Å². The van der Waals surface area contributed by atoms with Gasteiger partial charge >= 0.3 is 0 Å². The summed E-state index contributed by atoms with van der Waals surface area (Å²) in [6, 6.07) is 3.71. The third kappa shape index (κ3) is 3.74. The highest BCUT2D eigenvalue weighted by atomic mass is 16.5. The van der Waals surface area contributed by atoms with Gasteiger partial charge in [-0.2, -0.15) is 0 Å². The van der Waals surface area contributed by atoms with Gasteiger partial charge in [-0.3, -0.25) is 9.78 Å². The van der Waals surface area contributed by atoms with Crippen LogP contribution in [0, 0.1) is 6.92 Å². The summed E-state index contributed by atoms with van der Waals surface area (Å²) in [4.78, 5) is 15.9. The lowest BCUT2D eigenvalue weighted by atomic mass is 9.99. The highest BCUT2D eigenvalue weighted by Crippen LogP contribution is 2.17. The van der Waals surface area contributed by atoms with Gasteiger partial charge in [0.2, 0.25) is 0 Å². The lowest BCUT2D eigenvalue weighted by Crippen LogP contribution is -2.23. The molecule has 88 valence electrons. The number of methoxy groups -OCH3 is 1. The largest absolute Gasteiger partial charge is 0.379 e. The molecule has 0 aliphatic rings. The Balaban J connectivity index is 2.60. The molecule has 0 radical (unpaired) electrons. The van der Waals surface area contributed by atoms with Gasteiger partial charge in [0.1, 0.15) is 5.69 Å². The standard InChI is InChI=1S/C13H19NO2/c1-10-6-8-14-11(9-10)12(15)5-7-13(2,3)16-4/h6,8-9H,5,7H2,1-4H3. The maximum Gasteiger partial charge on any atom is 0.181 e. The minimum absolute atomic E-state index is 0.0776. The molecule has 0 atom stereocenters. The van der Waals surface area contributed by atoms with Crippen LogP contribution >= 0.6 is 0 Å².